The molecule has 1 unspecified atom stereocenters. The summed E-state index contributed by atoms with van der Waals surface area (Å²) in [5.74, 6) is -1.24. The number of carboxylic acid groups (broad SMARTS) is 1. The summed E-state index contributed by atoms with van der Waals surface area (Å²) in [6.07, 6.45) is 1.69. The maximum Gasteiger partial charge on any atom is 0.0764 e. The zero-order valence-corrected chi connectivity index (χ0v) is 5.02. The molecule has 0 aliphatic rings. The number of hydrogen-bond donors (Lipinski definition) is 0. The molecule has 0 saturated carbocycles. The molecule has 0 bridgehead atoms. The number of alkyl halides is 1. The predicted molar refractivity (Wildman–Crippen MR) is 29.5 cm³/mol. The van der Waals surface area contributed by atoms with Crippen molar-refractivity contribution in [2.24, 2.45) is 0 Å². The van der Waals surface area contributed by atoms with Gasteiger partial charge in [0, 0.05) is 0 Å². The van der Waals surface area contributed by atoms with Crippen LogP contribution < -0.4 is 5.11 Å². The number of hydrogen-bond acceptors (Lipinski definition) is 2. The van der Waals surface area contributed by atoms with Crippen LogP contribution in [0, 0.1) is 0 Å². The minimum Gasteiger partial charge on any atom is -0.549 e. The summed E-state index contributed by atoms with van der Waals surface area (Å²) in [6.45, 7) is 3.31. The fraction of sp³-hybridized carbons (Fsp3) is 0.400. The molecular formula is C5H6ClO2-. The van der Waals surface area contributed by atoms with E-state index in [2.05, 4.69) is 6.58 Å². The highest BCUT2D eigenvalue weighted by Gasteiger charge is 1.99. The van der Waals surface area contributed by atoms with Gasteiger partial charge in [-0.15, -0.1) is 18.2 Å². The predicted octanol–water partition coefficient (Wildman–Crippen LogP) is -0.0802. The molecule has 1 atom stereocenters. The molecule has 0 amide bonds. The molecule has 0 aromatic carbocycles. The standard InChI is InChI=1S/C5H7ClO2/c1-2-3-4(6)5(7)8/h2,4H,1,3H2,(H,7,8)/p-1. The van der Waals surface area contributed by atoms with Crippen molar-refractivity contribution in [1.29, 1.82) is 0 Å². The van der Waals surface area contributed by atoms with Crippen molar-refractivity contribution in [2.45, 2.75) is 11.8 Å². The van der Waals surface area contributed by atoms with Gasteiger partial charge in [0.05, 0.1) is 11.3 Å². The Balaban J connectivity index is 3.46. The van der Waals surface area contributed by atoms with Gasteiger partial charge >= 0.3 is 0 Å². The molecule has 3 heteroatoms. The van der Waals surface area contributed by atoms with Crippen LogP contribution in [-0.2, 0) is 4.79 Å². The summed E-state index contributed by atoms with van der Waals surface area (Å²) in [6, 6.07) is 0. The average molecular weight is 134 g/mol. The number of carboxylic acids is 1. The smallest absolute Gasteiger partial charge is 0.0764 e. The first-order chi connectivity index (χ1) is 3.68. The van der Waals surface area contributed by atoms with Crippen LogP contribution in [0.3, 0.4) is 0 Å². The first kappa shape index (κ1) is 7.50. The SMILES string of the molecule is C=CCC(Cl)C(=O)[O-]. The van der Waals surface area contributed by atoms with E-state index in [1.54, 1.807) is 0 Å². The Kier molecular flexibility index (Phi) is 3.28. The summed E-state index contributed by atoms with van der Waals surface area (Å²) in [7, 11) is 0. The number of aliphatic carboxylic acids is 1. The summed E-state index contributed by atoms with van der Waals surface area (Å²) in [5, 5.41) is 8.87. The number of carbonyl (C=O) groups excluding carboxylic acids is 1. The van der Waals surface area contributed by atoms with Crippen molar-refractivity contribution in [3.63, 3.8) is 0 Å². The minimum atomic E-state index is -1.24. The van der Waals surface area contributed by atoms with Crippen LogP contribution in [0.5, 0.6) is 0 Å². The van der Waals surface area contributed by atoms with Gasteiger partial charge in [0.2, 0.25) is 0 Å². The van der Waals surface area contributed by atoms with Gasteiger partial charge < -0.3 is 9.90 Å². The Bertz CT molecular complexity index is 101. The molecule has 0 N–H and O–H groups in total. The molecule has 0 aromatic rings. The minimum absolute atomic E-state index is 0.254. The Morgan fingerprint density at radius 1 is 2.00 bits per heavy atom. The summed E-state index contributed by atoms with van der Waals surface area (Å²) < 4.78 is 0. The van der Waals surface area contributed by atoms with Crippen LogP contribution in [0.25, 0.3) is 0 Å². The van der Waals surface area contributed by atoms with Crippen LogP contribution in [0.1, 0.15) is 6.42 Å². The molecule has 0 aliphatic heterocycles. The van der Waals surface area contributed by atoms with E-state index in [0.29, 0.717) is 0 Å². The van der Waals surface area contributed by atoms with E-state index in [4.69, 9.17) is 11.6 Å². The van der Waals surface area contributed by atoms with Gasteiger partial charge in [-0.2, -0.15) is 0 Å². The van der Waals surface area contributed by atoms with Gasteiger partial charge in [0.1, 0.15) is 0 Å². The van der Waals surface area contributed by atoms with Crippen molar-refractivity contribution < 1.29 is 9.90 Å². The monoisotopic (exact) mass is 133 g/mol. The number of carbonyl (C=O) groups is 1. The highest BCUT2D eigenvalue weighted by molar-refractivity contribution is 6.29. The molecule has 0 fully saturated rings. The van der Waals surface area contributed by atoms with Gasteiger partial charge in [-0.05, 0) is 6.42 Å². The fourth-order valence-electron chi connectivity index (χ4n) is 0.243. The first-order valence-electron chi connectivity index (χ1n) is 2.14. The highest BCUT2D eigenvalue weighted by Crippen LogP contribution is 1.99. The fourth-order valence-corrected chi connectivity index (χ4v) is 0.369. The van der Waals surface area contributed by atoms with Crippen molar-refractivity contribution in [1.82, 2.24) is 0 Å². The number of allylic oxidation sites excluding steroid dienone is 1. The van der Waals surface area contributed by atoms with Crippen LogP contribution in [-0.4, -0.2) is 11.3 Å². The molecule has 0 aromatic heterocycles. The van der Waals surface area contributed by atoms with Crippen LogP contribution >= 0.6 is 11.6 Å². The Labute approximate surface area is 52.8 Å². The van der Waals surface area contributed by atoms with E-state index in [-0.39, 0.29) is 6.42 Å². The van der Waals surface area contributed by atoms with Crippen LogP contribution in [0.15, 0.2) is 12.7 Å². The Hall–Kier alpha value is -0.500. The van der Waals surface area contributed by atoms with E-state index in [1.807, 2.05) is 0 Å². The molecule has 8 heavy (non-hydrogen) atoms. The second-order valence-electron chi connectivity index (χ2n) is 1.31. The van der Waals surface area contributed by atoms with Crippen LogP contribution in [0.4, 0.5) is 0 Å². The molecule has 0 rings (SSSR count). The van der Waals surface area contributed by atoms with E-state index in [1.165, 1.54) is 6.08 Å². The third-order valence-electron chi connectivity index (χ3n) is 0.629. The quantitative estimate of drug-likeness (QED) is 0.399. The topological polar surface area (TPSA) is 40.1 Å². The zero-order chi connectivity index (χ0) is 6.57. The van der Waals surface area contributed by atoms with E-state index < -0.39 is 11.3 Å². The molecule has 0 heterocycles. The van der Waals surface area contributed by atoms with Crippen molar-refractivity contribution in [2.75, 3.05) is 0 Å². The second kappa shape index (κ2) is 3.50. The zero-order valence-electron chi connectivity index (χ0n) is 4.26. The molecule has 46 valence electrons. The lowest BCUT2D eigenvalue weighted by Crippen LogP contribution is -2.31. The van der Waals surface area contributed by atoms with Crippen molar-refractivity contribution in [3.8, 4) is 0 Å². The molecular weight excluding hydrogens is 128 g/mol. The van der Waals surface area contributed by atoms with E-state index in [9.17, 15) is 9.90 Å². The van der Waals surface area contributed by atoms with Gasteiger partial charge in [0.15, 0.2) is 0 Å². The second-order valence-corrected chi connectivity index (χ2v) is 1.84. The summed E-state index contributed by atoms with van der Waals surface area (Å²) in [4.78, 5) is 9.80. The molecule has 0 aliphatic carbocycles. The number of rotatable bonds is 3. The summed E-state index contributed by atoms with van der Waals surface area (Å²) in [5.41, 5.74) is 0. The Morgan fingerprint density at radius 2 is 2.50 bits per heavy atom. The van der Waals surface area contributed by atoms with Crippen LogP contribution in [0.2, 0.25) is 0 Å². The molecule has 0 spiro atoms. The van der Waals surface area contributed by atoms with E-state index in [0.717, 1.165) is 0 Å². The summed E-state index contributed by atoms with van der Waals surface area (Å²) >= 11 is 5.18. The van der Waals surface area contributed by atoms with Gasteiger partial charge in [-0.3, -0.25) is 0 Å². The maximum atomic E-state index is 9.80. The van der Waals surface area contributed by atoms with E-state index >= 15 is 0 Å². The Morgan fingerprint density at radius 3 is 2.62 bits per heavy atom. The third-order valence-corrected chi connectivity index (χ3v) is 0.986. The molecule has 0 radical (unpaired) electrons. The third kappa shape index (κ3) is 2.64. The van der Waals surface area contributed by atoms with Crippen molar-refractivity contribution in [3.05, 3.63) is 12.7 Å². The highest BCUT2D eigenvalue weighted by atomic mass is 35.5. The van der Waals surface area contributed by atoms with Gasteiger partial charge in [0.25, 0.3) is 0 Å². The first-order valence-corrected chi connectivity index (χ1v) is 2.58. The van der Waals surface area contributed by atoms with Gasteiger partial charge in [-0.25, -0.2) is 0 Å². The molecule has 2 nitrogen and oxygen atoms in total. The lowest BCUT2D eigenvalue weighted by molar-refractivity contribution is -0.305. The maximum absolute atomic E-state index is 9.80. The normalized spacial score (nSPS) is 12.6. The molecule has 0 saturated heterocycles. The lowest BCUT2D eigenvalue weighted by atomic mass is 10.3. The van der Waals surface area contributed by atoms with Gasteiger partial charge in [-0.1, -0.05) is 6.08 Å². The lowest BCUT2D eigenvalue weighted by Gasteiger charge is -2.04. The van der Waals surface area contributed by atoms with Crippen molar-refractivity contribution >= 4 is 17.6 Å². The average Bonchev–Trinajstić information content (AvgIpc) is 1.67. The number of halogens is 1. The largest absolute Gasteiger partial charge is 0.549 e.